The van der Waals surface area contributed by atoms with Crippen molar-refractivity contribution in [3.8, 4) is 0 Å². The van der Waals surface area contributed by atoms with E-state index in [1.54, 1.807) is 12.1 Å². The minimum Gasteiger partial charge on any atom is -0.463 e. The molecule has 1 N–H and O–H groups in total. The van der Waals surface area contributed by atoms with Crippen molar-refractivity contribution in [2.24, 2.45) is 0 Å². The number of rotatable bonds is 5. The van der Waals surface area contributed by atoms with Crippen LogP contribution in [0.15, 0.2) is 64.0 Å². The number of benzene rings is 2. The van der Waals surface area contributed by atoms with Gasteiger partial charge < -0.3 is 14.6 Å². The monoisotopic (exact) mass is 417 g/mol. The SMILES string of the molecule is Cc1ccc2occ(/C=C/C(=O)Nc3ccc(CN4CCN(C)CC4)cc3)c(=O)c2c1. The quantitative estimate of drug-likeness (QED) is 0.644. The summed E-state index contributed by atoms with van der Waals surface area (Å²) in [5.41, 5.74) is 3.65. The van der Waals surface area contributed by atoms with Crippen LogP contribution in [0.3, 0.4) is 0 Å². The van der Waals surface area contributed by atoms with E-state index in [4.69, 9.17) is 4.42 Å². The molecule has 0 aliphatic carbocycles. The fourth-order valence-corrected chi connectivity index (χ4v) is 3.68. The third-order valence-electron chi connectivity index (χ3n) is 5.59. The summed E-state index contributed by atoms with van der Waals surface area (Å²) in [5, 5.41) is 3.35. The Kier molecular flexibility index (Phi) is 6.30. The highest BCUT2D eigenvalue weighted by Crippen LogP contribution is 2.15. The highest BCUT2D eigenvalue weighted by atomic mass is 16.3. The lowest BCUT2D eigenvalue weighted by molar-refractivity contribution is -0.111. The maximum Gasteiger partial charge on any atom is 0.248 e. The van der Waals surface area contributed by atoms with Crippen molar-refractivity contribution in [1.29, 1.82) is 0 Å². The summed E-state index contributed by atoms with van der Waals surface area (Å²) in [6, 6.07) is 13.4. The molecule has 1 saturated heterocycles. The summed E-state index contributed by atoms with van der Waals surface area (Å²) < 4.78 is 5.52. The first-order valence-electron chi connectivity index (χ1n) is 10.5. The summed E-state index contributed by atoms with van der Waals surface area (Å²) in [5.74, 6) is -0.296. The molecule has 1 aromatic heterocycles. The van der Waals surface area contributed by atoms with Gasteiger partial charge in [0.15, 0.2) is 5.43 Å². The van der Waals surface area contributed by atoms with E-state index >= 15 is 0 Å². The Hall–Kier alpha value is -3.22. The smallest absolute Gasteiger partial charge is 0.248 e. The number of carbonyl (C=O) groups excluding carboxylic acids is 1. The molecule has 1 fully saturated rings. The second kappa shape index (κ2) is 9.29. The molecule has 4 rings (SSSR count). The van der Waals surface area contributed by atoms with Gasteiger partial charge in [0.1, 0.15) is 11.8 Å². The van der Waals surface area contributed by atoms with E-state index in [-0.39, 0.29) is 11.3 Å². The number of anilines is 1. The maximum atomic E-state index is 12.6. The van der Waals surface area contributed by atoms with Crippen molar-refractivity contribution in [2.45, 2.75) is 13.5 Å². The zero-order valence-electron chi connectivity index (χ0n) is 17.9. The van der Waals surface area contributed by atoms with Gasteiger partial charge in [-0.1, -0.05) is 23.8 Å². The van der Waals surface area contributed by atoms with Crippen LogP contribution < -0.4 is 10.7 Å². The number of piperazine rings is 1. The van der Waals surface area contributed by atoms with Crippen LogP contribution >= 0.6 is 0 Å². The molecule has 6 heteroatoms. The van der Waals surface area contributed by atoms with E-state index in [1.165, 1.54) is 24.0 Å². The molecule has 6 nitrogen and oxygen atoms in total. The van der Waals surface area contributed by atoms with Crippen molar-refractivity contribution in [3.05, 3.63) is 81.7 Å². The molecule has 2 aromatic carbocycles. The van der Waals surface area contributed by atoms with Crippen LogP contribution in [0.2, 0.25) is 0 Å². The molecule has 0 radical (unpaired) electrons. The van der Waals surface area contributed by atoms with Crippen LogP contribution in [0.4, 0.5) is 5.69 Å². The first kappa shape index (κ1) is 21.0. The van der Waals surface area contributed by atoms with Crippen LogP contribution in [-0.2, 0) is 11.3 Å². The normalized spacial score (nSPS) is 15.5. The van der Waals surface area contributed by atoms with Gasteiger partial charge in [-0.15, -0.1) is 0 Å². The molecule has 3 aromatic rings. The number of fused-ring (bicyclic) bond motifs is 1. The Labute approximate surface area is 181 Å². The van der Waals surface area contributed by atoms with Crippen molar-refractivity contribution in [2.75, 3.05) is 38.5 Å². The molecule has 160 valence electrons. The Morgan fingerprint density at radius 1 is 1.10 bits per heavy atom. The first-order valence-corrected chi connectivity index (χ1v) is 10.5. The molecule has 0 bridgehead atoms. The topological polar surface area (TPSA) is 65.8 Å². The van der Waals surface area contributed by atoms with Gasteiger partial charge >= 0.3 is 0 Å². The fraction of sp³-hybridized carbons (Fsp3) is 0.280. The van der Waals surface area contributed by atoms with Gasteiger partial charge in [-0.05, 0) is 49.9 Å². The van der Waals surface area contributed by atoms with Gasteiger partial charge in [-0.25, -0.2) is 0 Å². The van der Waals surface area contributed by atoms with E-state index in [2.05, 4.69) is 22.2 Å². The molecule has 31 heavy (non-hydrogen) atoms. The molecular formula is C25H27N3O3. The van der Waals surface area contributed by atoms with E-state index in [9.17, 15) is 9.59 Å². The van der Waals surface area contributed by atoms with Crippen LogP contribution in [0.25, 0.3) is 17.0 Å². The number of amides is 1. The lowest BCUT2D eigenvalue weighted by atomic mass is 10.1. The Morgan fingerprint density at radius 3 is 2.58 bits per heavy atom. The van der Waals surface area contributed by atoms with E-state index < -0.39 is 0 Å². The summed E-state index contributed by atoms with van der Waals surface area (Å²) in [6.07, 6.45) is 4.23. The van der Waals surface area contributed by atoms with E-state index in [0.717, 1.165) is 44.0 Å². The summed E-state index contributed by atoms with van der Waals surface area (Å²) in [6.45, 7) is 7.17. The number of aryl methyl sites for hydroxylation is 1. The van der Waals surface area contributed by atoms with Crippen LogP contribution in [0.5, 0.6) is 0 Å². The Balaban J connectivity index is 1.37. The van der Waals surface area contributed by atoms with Gasteiger partial charge in [0.05, 0.1) is 10.9 Å². The zero-order chi connectivity index (χ0) is 21.8. The predicted molar refractivity (Wildman–Crippen MR) is 124 cm³/mol. The second-order valence-corrected chi connectivity index (χ2v) is 8.12. The molecule has 1 aliphatic rings. The fourth-order valence-electron chi connectivity index (χ4n) is 3.68. The zero-order valence-corrected chi connectivity index (χ0v) is 17.9. The number of likely N-dealkylation sites (N-methyl/N-ethyl adjacent to an activating group) is 1. The second-order valence-electron chi connectivity index (χ2n) is 8.12. The summed E-state index contributed by atoms with van der Waals surface area (Å²) in [7, 11) is 2.15. The lowest BCUT2D eigenvalue weighted by Crippen LogP contribution is -2.43. The molecule has 0 unspecified atom stereocenters. The lowest BCUT2D eigenvalue weighted by Gasteiger charge is -2.32. The Bertz CT molecular complexity index is 1160. The van der Waals surface area contributed by atoms with Gasteiger partial charge in [0, 0.05) is 44.5 Å². The summed E-state index contributed by atoms with van der Waals surface area (Å²) in [4.78, 5) is 29.7. The molecule has 1 aliphatic heterocycles. The van der Waals surface area contributed by atoms with Gasteiger partial charge in [-0.2, -0.15) is 0 Å². The van der Waals surface area contributed by atoms with Crippen molar-refractivity contribution < 1.29 is 9.21 Å². The molecular weight excluding hydrogens is 390 g/mol. The van der Waals surface area contributed by atoms with E-state index in [0.29, 0.717) is 16.5 Å². The van der Waals surface area contributed by atoms with Gasteiger partial charge in [-0.3, -0.25) is 14.5 Å². The van der Waals surface area contributed by atoms with Crippen molar-refractivity contribution in [3.63, 3.8) is 0 Å². The standard InChI is InChI=1S/C25H27N3O3/c1-18-3-9-23-22(15-18)25(30)20(17-31-23)6-10-24(29)26-21-7-4-19(5-8-21)16-28-13-11-27(2)12-14-28/h3-10,15,17H,11-14,16H2,1-2H3,(H,26,29)/b10-6+. The molecule has 0 atom stereocenters. The molecule has 0 saturated carbocycles. The molecule has 2 heterocycles. The van der Waals surface area contributed by atoms with Crippen molar-refractivity contribution >= 4 is 28.6 Å². The van der Waals surface area contributed by atoms with Crippen molar-refractivity contribution in [1.82, 2.24) is 9.80 Å². The average molecular weight is 418 g/mol. The minimum atomic E-state index is -0.296. The number of hydrogen-bond donors (Lipinski definition) is 1. The number of nitrogens with one attached hydrogen (secondary N) is 1. The van der Waals surface area contributed by atoms with Crippen LogP contribution in [-0.4, -0.2) is 48.9 Å². The molecule has 0 spiro atoms. The van der Waals surface area contributed by atoms with Gasteiger partial charge in [0.2, 0.25) is 5.91 Å². The predicted octanol–water partition coefficient (Wildman–Crippen LogP) is 3.50. The highest BCUT2D eigenvalue weighted by molar-refractivity contribution is 6.02. The largest absolute Gasteiger partial charge is 0.463 e. The average Bonchev–Trinajstić information content (AvgIpc) is 2.77. The third-order valence-corrected chi connectivity index (χ3v) is 5.59. The maximum absolute atomic E-state index is 12.6. The van der Waals surface area contributed by atoms with Crippen LogP contribution in [0, 0.1) is 6.92 Å². The summed E-state index contributed by atoms with van der Waals surface area (Å²) >= 11 is 0. The van der Waals surface area contributed by atoms with Crippen LogP contribution in [0.1, 0.15) is 16.7 Å². The number of nitrogens with zero attached hydrogens (tertiary/aromatic N) is 2. The van der Waals surface area contributed by atoms with E-state index in [1.807, 2.05) is 37.3 Å². The minimum absolute atomic E-state index is 0.151. The van der Waals surface area contributed by atoms with Gasteiger partial charge in [0.25, 0.3) is 0 Å². The number of hydrogen-bond acceptors (Lipinski definition) is 5. The Morgan fingerprint density at radius 2 is 1.84 bits per heavy atom. The first-order chi connectivity index (χ1) is 15.0. The highest BCUT2D eigenvalue weighted by Gasteiger charge is 2.13. The molecule has 1 amide bonds. The number of carbonyl (C=O) groups is 1. The third kappa shape index (κ3) is 5.29.